The van der Waals surface area contributed by atoms with Crippen LogP contribution in [0, 0.1) is 0 Å². The third-order valence-corrected chi connectivity index (χ3v) is 3.72. The molecule has 2 heteroatoms. The van der Waals surface area contributed by atoms with Crippen LogP contribution in [0.5, 0.6) is 0 Å². The van der Waals surface area contributed by atoms with Crippen LogP contribution in [-0.4, -0.2) is 31.3 Å². The molecule has 1 aliphatic heterocycles. The molecule has 0 amide bonds. The molecular weight excluding hydrogens is 220 g/mol. The fourth-order valence-electron chi connectivity index (χ4n) is 2.59. The van der Waals surface area contributed by atoms with E-state index in [4.69, 9.17) is 0 Å². The van der Waals surface area contributed by atoms with Gasteiger partial charge in [-0.2, -0.15) is 0 Å². The van der Waals surface area contributed by atoms with Gasteiger partial charge in [-0.05, 0) is 32.0 Å². The fourth-order valence-corrected chi connectivity index (χ4v) is 2.59. The highest BCUT2D eigenvalue weighted by Crippen LogP contribution is 2.23. The van der Waals surface area contributed by atoms with E-state index in [1.54, 1.807) is 0 Å². The van der Waals surface area contributed by atoms with E-state index in [1.165, 1.54) is 37.8 Å². The lowest BCUT2D eigenvalue weighted by Gasteiger charge is -2.27. The summed E-state index contributed by atoms with van der Waals surface area (Å²) in [6, 6.07) is 11.3. The number of rotatable bonds is 1. The van der Waals surface area contributed by atoms with Crippen LogP contribution in [0.25, 0.3) is 0 Å². The van der Waals surface area contributed by atoms with Gasteiger partial charge in [0.15, 0.2) is 0 Å². The molecule has 1 atom stereocenters. The minimum absolute atomic E-state index is 0.480. The molecule has 1 heterocycles. The molecule has 0 bridgehead atoms. The second-order valence-corrected chi connectivity index (χ2v) is 5.15. The van der Waals surface area contributed by atoms with Crippen LogP contribution >= 0.6 is 0 Å². The molecular formula is C16H24N2. The molecule has 0 N–H and O–H groups in total. The number of hydrogen-bond donors (Lipinski definition) is 0. The van der Waals surface area contributed by atoms with Crippen molar-refractivity contribution in [2.75, 3.05) is 20.1 Å². The SMILES string of the molecule is CN1CCCCCCN=CCC1c1ccccc1. The van der Waals surface area contributed by atoms with Crippen molar-refractivity contribution in [1.82, 2.24) is 4.90 Å². The molecule has 98 valence electrons. The molecule has 0 aromatic heterocycles. The number of hydrogen-bond acceptors (Lipinski definition) is 2. The second-order valence-electron chi connectivity index (χ2n) is 5.15. The van der Waals surface area contributed by atoms with Crippen molar-refractivity contribution < 1.29 is 0 Å². The highest BCUT2D eigenvalue weighted by molar-refractivity contribution is 5.58. The van der Waals surface area contributed by atoms with Crippen molar-refractivity contribution in [3.63, 3.8) is 0 Å². The van der Waals surface area contributed by atoms with Gasteiger partial charge >= 0.3 is 0 Å². The lowest BCUT2D eigenvalue weighted by molar-refractivity contribution is 0.246. The molecule has 0 radical (unpaired) electrons. The maximum Gasteiger partial charge on any atom is 0.0394 e. The van der Waals surface area contributed by atoms with Gasteiger partial charge in [-0.3, -0.25) is 9.89 Å². The Kier molecular flexibility index (Phi) is 5.40. The first-order valence-electron chi connectivity index (χ1n) is 7.11. The first kappa shape index (κ1) is 13.3. The molecule has 2 nitrogen and oxygen atoms in total. The first-order chi connectivity index (χ1) is 8.88. The molecule has 0 spiro atoms. The molecule has 0 saturated carbocycles. The van der Waals surface area contributed by atoms with Gasteiger partial charge in [0.25, 0.3) is 0 Å². The lowest BCUT2D eigenvalue weighted by atomic mass is 10.0. The molecule has 1 unspecified atom stereocenters. The Hall–Kier alpha value is -1.15. The van der Waals surface area contributed by atoms with Gasteiger partial charge in [0.2, 0.25) is 0 Å². The van der Waals surface area contributed by atoms with Gasteiger partial charge in [0.05, 0.1) is 0 Å². The van der Waals surface area contributed by atoms with E-state index in [9.17, 15) is 0 Å². The number of aliphatic imine (C=N–C) groups is 1. The summed E-state index contributed by atoms with van der Waals surface area (Å²) in [5.41, 5.74) is 1.41. The molecule has 2 rings (SSSR count). The van der Waals surface area contributed by atoms with Gasteiger partial charge in [-0.15, -0.1) is 0 Å². The van der Waals surface area contributed by atoms with Crippen LogP contribution in [0.1, 0.15) is 43.7 Å². The van der Waals surface area contributed by atoms with E-state index in [2.05, 4.69) is 53.5 Å². The summed E-state index contributed by atoms with van der Waals surface area (Å²) >= 11 is 0. The lowest BCUT2D eigenvalue weighted by Crippen LogP contribution is -2.26. The average Bonchev–Trinajstić information content (AvgIpc) is 2.45. The van der Waals surface area contributed by atoms with Crippen LogP contribution in [0.3, 0.4) is 0 Å². The van der Waals surface area contributed by atoms with Crippen molar-refractivity contribution in [2.45, 2.75) is 38.1 Å². The number of benzene rings is 1. The summed E-state index contributed by atoms with van der Waals surface area (Å²) in [6.07, 6.45) is 8.36. The van der Waals surface area contributed by atoms with E-state index < -0.39 is 0 Å². The summed E-state index contributed by atoms with van der Waals surface area (Å²) < 4.78 is 0. The standard InChI is InChI=1S/C16H24N2/c1-18-14-8-3-2-7-12-17-13-11-16(18)15-9-5-4-6-10-15/h4-6,9-10,13,16H,2-3,7-8,11-12,14H2,1H3. The summed E-state index contributed by atoms with van der Waals surface area (Å²) in [4.78, 5) is 7.01. The minimum atomic E-state index is 0.480. The molecule has 18 heavy (non-hydrogen) atoms. The van der Waals surface area contributed by atoms with Gasteiger partial charge in [0, 0.05) is 25.2 Å². The second kappa shape index (κ2) is 7.32. The molecule has 1 aromatic carbocycles. The normalized spacial score (nSPS) is 23.5. The topological polar surface area (TPSA) is 15.6 Å². The highest BCUT2D eigenvalue weighted by atomic mass is 15.1. The zero-order valence-electron chi connectivity index (χ0n) is 11.4. The molecule has 1 aliphatic rings. The van der Waals surface area contributed by atoms with Gasteiger partial charge < -0.3 is 0 Å². The van der Waals surface area contributed by atoms with Crippen LogP contribution in [0.4, 0.5) is 0 Å². The number of nitrogens with zero attached hydrogens (tertiary/aromatic N) is 2. The van der Waals surface area contributed by atoms with Gasteiger partial charge in [0.1, 0.15) is 0 Å². The summed E-state index contributed by atoms with van der Waals surface area (Å²) in [5.74, 6) is 0. The van der Waals surface area contributed by atoms with Crippen LogP contribution in [-0.2, 0) is 0 Å². The maximum absolute atomic E-state index is 4.53. The van der Waals surface area contributed by atoms with Crippen molar-refractivity contribution >= 4 is 6.21 Å². The predicted molar refractivity (Wildman–Crippen MR) is 78.3 cm³/mol. The summed E-state index contributed by atoms with van der Waals surface area (Å²) in [7, 11) is 2.24. The van der Waals surface area contributed by atoms with Crippen LogP contribution in [0.15, 0.2) is 35.3 Å². The van der Waals surface area contributed by atoms with E-state index >= 15 is 0 Å². The van der Waals surface area contributed by atoms with E-state index in [0.29, 0.717) is 6.04 Å². The Morgan fingerprint density at radius 2 is 1.83 bits per heavy atom. The first-order valence-corrected chi connectivity index (χ1v) is 7.11. The predicted octanol–water partition coefficient (Wildman–Crippen LogP) is 3.69. The highest BCUT2D eigenvalue weighted by Gasteiger charge is 2.15. The van der Waals surface area contributed by atoms with Crippen LogP contribution < -0.4 is 0 Å². The third kappa shape index (κ3) is 3.95. The van der Waals surface area contributed by atoms with Gasteiger partial charge in [-0.1, -0.05) is 43.2 Å². The van der Waals surface area contributed by atoms with Crippen molar-refractivity contribution in [3.8, 4) is 0 Å². The minimum Gasteiger partial charge on any atom is -0.299 e. The zero-order chi connectivity index (χ0) is 12.6. The quantitative estimate of drug-likeness (QED) is 0.735. The largest absolute Gasteiger partial charge is 0.299 e. The van der Waals surface area contributed by atoms with E-state index in [1.807, 2.05) is 0 Å². The van der Waals surface area contributed by atoms with Crippen molar-refractivity contribution in [3.05, 3.63) is 35.9 Å². The van der Waals surface area contributed by atoms with Crippen molar-refractivity contribution in [2.24, 2.45) is 4.99 Å². The maximum atomic E-state index is 4.53. The van der Waals surface area contributed by atoms with Crippen LogP contribution in [0.2, 0.25) is 0 Å². The Morgan fingerprint density at radius 1 is 1.06 bits per heavy atom. The van der Waals surface area contributed by atoms with E-state index in [-0.39, 0.29) is 0 Å². The zero-order valence-corrected chi connectivity index (χ0v) is 11.4. The molecule has 0 fully saturated rings. The molecule has 1 aromatic rings. The summed E-state index contributed by atoms with van der Waals surface area (Å²) in [6.45, 7) is 2.19. The average molecular weight is 244 g/mol. The van der Waals surface area contributed by atoms with Gasteiger partial charge in [-0.25, -0.2) is 0 Å². The Morgan fingerprint density at radius 3 is 2.67 bits per heavy atom. The molecule has 0 aliphatic carbocycles. The Labute approximate surface area is 111 Å². The Bertz CT molecular complexity index is 359. The molecule has 0 saturated heterocycles. The third-order valence-electron chi connectivity index (χ3n) is 3.72. The Balaban J connectivity index is 2.09. The monoisotopic (exact) mass is 244 g/mol. The summed E-state index contributed by atoms with van der Waals surface area (Å²) in [5, 5.41) is 0. The smallest absolute Gasteiger partial charge is 0.0394 e. The van der Waals surface area contributed by atoms with Crippen molar-refractivity contribution in [1.29, 1.82) is 0 Å². The van der Waals surface area contributed by atoms with E-state index in [0.717, 1.165) is 13.0 Å². The fraction of sp³-hybridized carbons (Fsp3) is 0.562.